The lowest BCUT2D eigenvalue weighted by molar-refractivity contribution is -0.385. The van der Waals surface area contributed by atoms with Crippen molar-refractivity contribution in [1.82, 2.24) is 4.90 Å². The van der Waals surface area contributed by atoms with Crippen molar-refractivity contribution in [3.05, 3.63) is 39.7 Å². The van der Waals surface area contributed by atoms with E-state index in [1.807, 2.05) is 13.1 Å². The molecule has 2 aliphatic rings. The number of nitrogens with zero attached hydrogens (tertiary/aromatic N) is 2. The van der Waals surface area contributed by atoms with E-state index in [1.165, 1.54) is 19.3 Å². The van der Waals surface area contributed by atoms with Gasteiger partial charge in [0.2, 0.25) is 0 Å². The second kappa shape index (κ2) is 5.96. The van der Waals surface area contributed by atoms with E-state index in [0.29, 0.717) is 6.04 Å². The molecule has 6 heteroatoms. The van der Waals surface area contributed by atoms with E-state index in [4.69, 9.17) is 0 Å². The molecule has 1 aromatic rings. The van der Waals surface area contributed by atoms with Crippen LogP contribution in [0.1, 0.15) is 37.3 Å². The number of hydrogen-bond donors (Lipinski definition) is 2. The van der Waals surface area contributed by atoms with Crippen LogP contribution in [0.5, 0.6) is 0 Å². The summed E-state index contributed by atoms with van der Waals surface area (Å²) in [5, 5.41) is 17.7. The van der Waals surface area contributed by atoms with Crippen LogP contribution < -0.4 is 10.6 Å². The summed E-state index contributed by atoms with van der Waals surface area (Å²) in [4.78, 5) is 13.5. The van der Waals surface area contributed by atoms with Crippen LogP contribution in [0, 0.1) is 17.0 Å². The van der Waals surface area contributed by atoms with Gasteiger partial charge in [-0.1, -0.05) is 6.42 Å². The molecular weight excluding hydrogens is 280 g/mol. The van der Waals surface area contributed by atoms with E-state index >= 15 is 0 Å². The predicted octanol–water partition coefficient (Wildman–Crippen LogP) is 3.59. The average Bonchev–Trinajstić information content (AvgIpc) is 2.51. The van der Waals surface area contributed by atoms with Gasteiger partial charge in [0.15, 0.2) is 0 Å². The monoisotopic (exact) mass is 302 g/mol. The molecule has 1 saturated heterocycles. The molecule has 3 rings (SSSR count). The van der Waals surface area contributed by atoms with E-state index in [9.17, 15) is 10.1 Å². The van der Waals surface area contributed by atoms with E-state index in [0.717, 1.165) is 35.6 Å². The Morgan fingerprint density at radius 1 is 1.36 bits per heavy atom. The molecule has 2 aliphatic heterocycles. The minimum atomic E-state index is -0.293. The van der Waals surface area contributed by atoms with Gasteiger partial charge in [-0.3, -0.25) is 15.0 Å². The molecule has 0 spiro atoms. The zero-order valence-corrected chi connectivity index (χ0v) is 13.1. The normalized spacial score (nSPS) is 20.9. The molecule has 1 fully saturated rings. The molecule has 1 atom stereocenters. The molecule has 22 heavy (non-hydrogen) atoms. The number of hydrogen-bond acceptors (Lipinski definition) is 5. The molecule has 2 N–H and O–H groups in total. The van der Waals surface area contributed by atoms with Gasteiger partial charge in [-0.15, -0.1) is 0 Å². The first-order chi connectivity index (χ1) is 10.6. The number of nitrogens with one attached hydrogen (secondary N) is 2. The SMILES string of the molecule is Cc1c([N+](=O)[O-])cc2c(c1CN1CCCCC1C)NC=CN2. The van der Waals surface area contributed by atoms with Crippen molar-refractivity contribution in [2.75, 3.05) is 17.2 Å². The predicted molar refractivity (Wildman–Crippen MR) is 87.9 cm³/mol. The molecule has 0 saturated carbocycles. The topological polar surface area (TPSA) is 70.4 Å². The van der Waals surface area contributed by atoms with Crippen LogP contribution in [0.25, 0.3) is 0 Å². The summed E-state index contributed by atoms with van der Waals surface area (Å²) < 4.78 is 0. The number of likely N-dealkylation sites (tertiary alicyclic amines) is 1. The summed E-state index contributed by atoms with van der Waals surface area (Å²) in [5.41, 5.74) is 3.70. The zero-order chi connectivity index (χ0) is 15.7. The van der Waals surface area contributed by atoms with Crippen molar-refractivity contribution in [3.63, 3.8) is 0 Å². The van der Waals surface area contributed by atoms with Crippen molar-refractivity contribution in [1.29, 1.82) is 0 Å². The van der Waals surface area contributed by atoms with Crippen LogP contribution >= 0.6 is 0 Å². The third-order valence-electron chi connectivity index (χ3n) is 4.74. The first-order valence-corrected chi connectivity index (χ1v) is 7.81. The smallest absolute Gasteiger partial charge is 0.274 e. The van der Waals surface area contributed by atoms with Gasteiger partial charge in [0.25, 0.3) is 5.69 Å². The van der Waals surface area contributed by atoms with Crippen molar-refractivity contribution >= 4 is 17.1 Å². The highest BCUT2D eigenvalue weighted by Crippen LogP contribution is 2.38. The van der Waals surface area contributed by atoms with Crippen molar-refractivity contribution in [3.8, 4) is 0 Å². The van der Waals surface area contributed by atoms with E-state index < -0.39 is 0 Å². The van der Waals surface area contributed by atoms with Gasteiger partial charge >= 0.3 is 0 Å². The van der Waals surface area contributed by atoms with Gasteiger partial charge in [0.05, 0.1) is 16.3 Å². The van der Waals surface area contributed by atoms with Crippen LogP contribution in [-0.4, -0.2) is 22.4 Å². The fourth-order valence-corrected chi connectivity index (χ4v) is 3.34. The van der Waals surface area contributed by atoms with E-state index in [-0.39, 0.29) is 10.6 Å². The van der Waals surface area contributed by atoms with Gasteiger partial charge < -0.3 is 10.6 Å². The molecule has 1 unspecified atom stereocenters. The van der Waals surface area contributed by atoms with Crippen LogP contribution in [0.3, 0.4) is 0 Å². The first kappa shape index (κ1) is 14.8. The fourth-order valence-electron chi connectivity index (χ4n) is 3.34. The van der Waals surface area contributed by atoms with Gasteiger partial charge in [-0.25, -0.2) is 0 Å². The molecular formula is C16H22N4O2. The lowest BCUT2D eigenvalue weighted by Gasteiger charge is -2.34. The highest BCUT2D eigenvalue weighted by molar-refractivity contribution is 5.81. The molecule has 118 valence electrons. The minimum absolute atomic E-state index is 0.183. The highest BCUT2D eigenvalue weighted by Gasteiger charge is 2.26. The standard InChI is InChI=1S/C16H22N4O2/c1-11-5-3-4-8-19(11)10-13-12(2)15(20(21)22)9-14-16(13)18-7-6-17-14/h6-7,9,11,17-18H,3-5,8,10H2,1-2H3. The van der Waals surface area contributed by atoms with Gasteiger partial charge in [0.1, 0.15) is 0 Å². The fraction of sp³-hybridized carbons (Fsp3) is 0.500. The van der Waals surface area contributed by atoms with Crippen LogP contribution in [0.4, 0.5) is 17.1 Å². The Kier molecular flexibility index (Phi) is 4.02. The molecule has 1 aromatic carbocycles. The van der Waals surface area contributed by atoms with Gasteiger partial charge in [0, 0.05) is 42.2 Å². The minimum Gasteiger partial charge on any atom is -0.358 e. The maximum atomic E-state index is 11.3. The largest absolute Gasteiger partial charge is 0.358 e. The number of anilines is 2. The Morgan fingerprint density at radius 2 is 2.14 bits per heavy atom. The summed E-state index contributed by atoms with van der Waals surface area (Å²) >= 11 is 0. The van der Waals surface area contributed by atoms with Crippen LogP contribution in [-0.2, 0) is 6.54 Å². The second-order valence-electron chi connectivity index (χ2n) is 6.12. The average molecular weight is 302 g/mol. The molecule has 0 radical (unpaired) electrons. The molecule has 2 heterocycles. The summed E-state index contributed by atoms with van der Waals surface area (Å²) in [6.07, 6.45) is 7.26. The Hall–Kier alpha value is -2.08. The summed E-state index contributed by atoms with van der Waals surface area (Å²) in [5.74, 6) is 0. The first-order valence-electron chi connectivity index (χ1n) is 7.81. The summed E-state index contributed by atoms with van der Waals surface area (Å²) in [6, 6.07) is 2.14. The van der Waals surface area contributed by atoms with Crippen LogP contribution in [0.2, 0.25) is 0 Å². The van der Waals surface area contributed by atoms with Crippen molar-refractivity contribution < 1.29 is 4.92 Å². The molecule has 0 aliphatic carbocycles. The summed E-state index contributed by atoms with van der Waals surface area (Å²) in [6.45, 7) is 5.90. The van der Waals surface area contributed by atoms with Gasteiger partial charge in [-0.2, -0.15) is 0 Å². The quantitative estimate of drug-likeness (QED) is 0.659. The number of rotatable bonds is 3. The second-order valence-corrected chi connectivity index (χ2v) is 6.12. The third kappa shape index (κ3) is 2.66. The number of nitro benzene ring substituents is 1. The summed E-state index contributed by atoms with van der Waals surface area (Å²) in [7, 11) is 0. The lowest BCUT2D eigenvalue weighted by Crippen LogP contribution is -2.37. The number of fused-ring (bicyclic) bond motifs is 1. The molecule has 0 bridgehead atoms. The third-order valence-corrected chi connectivity index (χ3v) is 4.74. The lowest BCUT2D eigenvalue weighted by atomic mass is 9.98. The Labute approximate surface area is 130 Å². The molecule has 6 nitrogen and oxygen atoms in total. The Bertz CT molecular complexity index is 627. The van der Waals surface area contributed by atoms with Crippen molar-refractivity contribution in [2.45, 2.75) is 45.7 Å². The van der Waals surface area contributed by atoms with E-state index in [1.54, 1.807) is 12.3 Å². The highest BCUT2D eigenvalue weighted by atomic mass is 16.6. The number of nitro groups is 1. The van der Waals surface area contributed by atoms with Crippen molar-refractivity contribution in [2.24, 2.45) is 0 Å². The Balaban J connectivity index is 2.01. The number of benzene rings is 1. The number of piperidine rings is 1. The van der Waals surface area contributed by atoms with E-state index in [2.05, 4.69) is 22.5 Å². The maximum Gasteiger partial charge on any atom is 0.274 e. The maximum absolute atomic E-state index is 11.3. The Morgan fingerprint density at radius 3 is 2.86 bits per heavy atom. The zero-order valence-electron chi connectivity index (χ0n) is 13.1. The molecule has 0 amide bonds. The van der Waals surface area contributed by atoms with Gasteiger partial charge in [-0.05, 0) is 33.2 Å². The van der Waals surface area contributed by atoms with Crippen LogP contribution in [0.15, 0.2) is 18.5 Å². The molecule has 0 aromatic heterocycles.